The third-order valence-electron chi connectivity index (χ3n) is 6.91. The number of aryl methyl sites for hydroxylation is 1. The van der Waals surface area contributed by atoms with Gasteiger partial charge in [0.15, 0.2) is 5.76 Å². The Hall–Kier alpha value is -2.78. The van der Waals surface area contributed by atoms with Gasteiger partial charge in [-0.25, -0.2) is 8.42 Å². The Balaban J connectivity index is 1.30. The SMILES string of the molecule is COc1ccc2[nH]cc(C3CCN(C(=O)c4cc(S(=O)(=O)N5CCCC5)c(C)o4)CC3)c2c1. The zero-order chi connectivity index (χ0) is 23.2. The zero-order valence-corrected chi connectivity index (χ0v) is 19.8. The number of fused-ring (bicyclic) bond motifs is 1. The number of rotatable bonds is 5. The van der Waals surface area contributed by atoms with E-state index >= 15 is 0 Å². The summed E-state index contributed by atoms with van der Waals surface area (Å²) in [6.07, 6.45) is 5.43. The highest BCUT2D eigenvalue weighted by atomic mass is 32.2. The average molecular weight is 472 g/mol. The molecule has 9 heteroatoms. The predicted molar refractivity (Wildman–Crippen MR) is 124 cm³/mol. The van der Waals surface area contributed by atoms with Gasteiger partial charge in [0.1, 0.15) is 16.4 Å². The number of likely N-dealkylation sites (tertiary alicyclic amines) is 1. The number of carbonyl (C=O) groups is 1. The number of aromatic nitrogens is 1. The maximum Gasteiger partial charge on any atom is 0.289 e. The number of nitrogens with zero attached hydrogens (tertiary/aromatic N) is 2. The van der Waals surface area contributed by atoms with Crippen molar-refractivity contribution in [2.45, 2.75) is 43.4 Å². The highest BCUT2D eigenvalue weighted by molar-refractivity contribution is 7.89. The lowest BCUT2D eigenvalue weighted by Gasteiger charge is -2.31. The number of furan rings is 1. The van der Waals surface area contributed by atoms with Gasteiger partial charge in [-0.05, 0) is 62.3 Å². The van der Waals surface area contributed by atoms with Crippen LogP contribution in [0.2, 0.25) is 0 Å². The van der Waals surface area contributed by atoms with E-state index in [2.05, 4.69) is 11.2 Å². The molecule has 8 nitrogen and oxygen atoms in total. The number of H-pyrrole nitrogens is 1. The number of nitrogens with one attached hydrogen (secondary N) is 1. The smallest absolute Gasteiger partial charge is 0.289 e. The number of carbonyl (C=O) groups excluding carboxylic acids is 1. The molecule has 0 saturated carbocycles. The molecule has 0 radical (unpaired) electrons. The molecule has 3 aromatic rings. The third-order valence-corrected chi connectivity index (χ3v) is 8.91. The van der Waals surface area contributed by atoms with Gasteiger partial charge in [-0.15, -0.1) is 0 Å². The monoisotopic (exact) mass is 471 g/mol. The minimum absolute atomic E-state index is 0.0977. The topological polar surface area (TPSA) is 95.8 Å². The van der Waals surface area contributed by atoms with Crippen molar-refractivity contribution < 1.29 is 22.4 Å². The predicted octanol–water partition coefficient (Wildman–Crippen LogP) is 3.88. The van der Waals surface area contributed by atoms with E-state index in [1.54, 1.807) is 18.9 Å². The Labute approximate surface area is 193 Å². The van der Waals surface area contributed by atoms with Gasteiger partial charge in [0.25, 0.3) is 5.91 Å². The first-order valence-corrected chi connectivity index (χ1v) is 12.9. The highest BCUT2D eigenvalue weighted by Gasteiger charge is 2.33. The number of amides is 1. The molecule has 0 unspecified atom stereocenters. The lowest BCUT2D eigenvalue weighted by atomic mass is 9.89. The van der Waals surface area contributed by atoms with Crippen LogP contribution in [0.25, 0.3) is 10.9 Å². The Morgan fingerprint density at radius 1 is 1.12 bits per heavy atom. The van der Waals surface area contributed by atoms with Gasteiger partial charge in [0.2, 0.25) is 10.0 Å². The molecule has 1 N–H and O–H groups in total. The second-order valence-electron chi connectivity index (χ2n) is 8.86. The van der Waals surface area contributed by atoms with Crippen LogP contribution < -0.4 is 4.74 Å². The molecule has 4 heterocycles. The normalized spacial score (nSPS) is 18.3. The van der Waals surface area contributed by atoms with E-state index in [-0.39, 0.29) is 22.3 Å². The van der Waals surface area contributed by atoms with E-state index in [9.17, 15) is 13.2 Å². The van der Waals surface area contributed by atoms with Crippen molar-refractivity contribution in [3.8, 4) is 5.75 Å². The van der Waals surface area contributed by atoms with E-state index in [0.717, 1.165) is 42.3 Å². The maximum atomic E-state index is 13.1. The fourth-order valence-electron chi connectivity index (χ4n) is 5.03. The molecule has 0 atom stereocenters. The van der Waals surface area contributed by atoms with Crippen LogP contribution in [0.3, 0.4) is 0 Å². The first kappa shape index (κ1) is 22.0. The van der Waals surface area contributed by atoms with Crippen LogP contribution in [0, 0.1) is 6.92 Å². The molecule has 0 aliphatic carbocycles. The van der Waals surface area contributed by atoms with Gasteiger partial charge in [-0.2, -0.15) is 4.31 Å². The highest BCUT2D eigenvalue weighted by Crippen LogP contribution is 2.35. The van der Waals surface area contributed by atoms with Gasteiger partial charge in [0, 0.05) is 49.3 Å². The Morgan fingerprint density at radius 3 is 2.55 bits per heavy atom. The molecule has 1 amide bonds. The molecule has 2 fully saturated rings. The van der Waals surface area contributed by atoms with E-state index in [4.69, 9.17) is 9.15 Å². The number of piperidine rings is 1. The number of hydrogen-bond donors (Lipinski definition) is 1. The van der Waals surface area contributed by atoms with Crippen molar-refractivity contribution in [1.29, 1.82) is 0 Å². The first-order chi connectivity index (χ1) is 15.9. The standard InChI is InChI=1S/C24H29N3O5S/c1-16-23(33(29,30)27-9-3-4-10-27)14-22(32-16)24(28)26-11-7-17(8-12-26)20-15-25-21-6-5-18(31-2)13-19(20)21/h5-6,13-15,17,25H,3-4,7-12H2,1-2H3. The van der Waals surface area contributed by atoms with Gasteiger partial charge in [0.05, 0.1) is 7.11 Å². The molecule has 2 saturated heterocycles. The van der Waals surface area contributed by atoms with Gasteiger partial charge < -0.3 is 19.0 Å². The molecule has 5 rings (SSSR count). The zero-order valence-electron chi connectivity index (χ0n) is 19.0. The van der Waals surface area contributed by atoms with E-state index in [0.29, 0.717) is 32.1 Å². The summed E-state index contributed by atoms with van der Waals surface area (Å²) in [5, 5.41) is 1.15. The van der Waals surface area contributed by atoms with Gasteiger partial charge >= 0.3 is 0 Å². The second kappa shape index (κ2) is 8.53. The molecular weight excluding hydrogens is 442 g/mol. The van der Waals surface area contributed by atoms with Crippen molar-refractivity contribution >= 4 is 26.8 Å². The Bertz CT molecular complexity index is 1280. The first-order valence-electron chi connectivity index (χ1n) is 11.4. The fourth-order valence-corrected chi connectivity index (χ4v) is 6.71. The van der Waals surface area contributed by atoms with E-state index in [1.165, 1.54) is 15.9 Å². The summed E-state index contributed by atoms with van der Waals surface area (Å²) in [4.78, 5) is 18.3. The van der Waals surface area contributed by atoms with Gasteiger partial charge in [-0.1, -0.05) is 0 Å². The van der Waals surface area contributed by atoms with Crippen molar-refractivity contribution in [2.24, 2.45) is 0 Å². The minimum atomic E-state index is -3.62. The molecule has 0 bridgehead atoms. The summed E-state index contributed by atoms with van der Waals surface area (Å²) in [7, 11) is -1.96. The summed E-state index contributed by atoms with van der Waals surface area (Å²) in [5.74, 6) is 1.27. The van der Waals surface area contributed by atoms with Crippen molar-refractivity contribution in [1.82, 2.24) is 14.2 Å². The van der Waals surface area contributed by atoms with Crippen molar-refractivity contribution in [3.63, 3.8) is 0 Å². The van der Waals surface area contributed by atoms with Gasteiger partial charge in [-0.3, -0.25) is 4.79 Å². The Kier molecular flexibility index (Phi) is 5.70. The number of hydrogen-bond acceptors (Lipinski definition) is 5. The number of methoxy groups -OCH3 is 1. The second-order valence-corrected chi connectivity index (χ2v) is 10.8. The Morgan fingerprint density at radius 2 is 1.85 bits per heavy atom. The number of sulfonamides is 1. The lowest BCUT2D eigenvalue weighted by molar-refractivity contribution is 0.0679. The van der Waals surface area contributed by atoms with Crippen LogP contribution in [0.1, 0.15) is 53.5 Å². The van der Waals surface area contributed by atoms with E-state index in [1.807, 2.05) is 18.2 Å². The molecule has 1 aromatic carbocycles. The van der Waals surface area contributed by atoms with Crippen molar-refractivity contribution in [3.05, 3.63) is 47.5 Å². The molecule has 176 valence electrons. The average Bonchev–Trinajstić information content (AvgIpc) is 3.58. The fraction of sp³-hybridized carbons (Fsp3) is 0.458. The van der Waals surface area contributed by atoms with Crippen LogP contribution in [0.4, 0.5) is 0 Å². The quantitative estimate of drug-likeness (QED) is 0.609. The van der Waals surface area contributed by atoms with Crippen LogP contribution in [-0.2, 0) is 10.0 Å². The van der Waals surface area contributed by atoms with Crippen LogP contribution >= 0.6 is 0 Å². The number of ether oxygens (including phenoxy) is 1. The summed E-state index contributed by atoms with van der Waals surface area (Å²) < 4.78 is 38.3. The summed E-state index contributed by atoms with van der Waals surface area (Å²) in [6, 6.07) is 7.41. The molecule has 0 spiro atoms. The largest absolute Gasteiger partial charge is 0.497 e. The summed E-state index contributed by atoms with van der Waals surface area (Å²) in [5.41, 5.74) is 2.31. The number of benzene rings is 1. The van der Waals surface area contributed by atoms with Crippen LogP contribution in [-0.4, -0.2) is 61.8 Å². The van der Waals surface area contributed by atoms with Crippen LogP contribution in [0.15, 0.2) is 39.8 Å². The molecular formula is C24H29N3O5S. The summed E-state index contributed by atoms with van der Waals surface area (Å²) >= 11 is 0. The summed E-state index contributed by atoms with van der Waals surface area (Å²) in [6.45, 7) is 3.83. The number of aromatic amines is 1. The lowest BCUT2D eigenvalue weighted by Crippen LogP contribution is -2.37. The minimum Gasteiger partial charge on any atom is -0.497 e. The van der Waals surface area contributed by atoms with Crippen molar-refractivity contribution in [2.75, 3.05) is 33.3 Å². The maximum absolute atomic E-state index is 13.1. The molecule has 2 aliphatic rings. The molecule has 2 aromatic heterocycles. The molecule has 2 aliphatic heterocycles. The third kappa shape index (κ3) is 3.93. The van der Waals surface area contributed by atoms with E-state index < -0.39 is 10.0 Å². The van der Waals surface area contributed by atoms with Crippen LogP contribution in [0.5, 0.6) is 5.75 Å². The molecule has 33 heavy (non-hydrogen) atoms.